The number of allylic oxidation sites excluding steroid dienone is 2. The number of rotatable bonds is 13. The summed E-state index contributed by atoms with van der Waals surface area (Å²) in [5.41, 5.74) is 5.80. The van der Waals surface area contributed by atoms with E-state index < -0.39 is 47.6 Å². The van der Waals surface area contributed by atoms with Gasteiger partial charge in [0.25, 0.3) is 0 Å². The van der Waals surface area contributed by atoms with Crippen molar-refractivity contribution < 1.29 is 36.8 Å². The molecule has 1 fully saturated rings. The zero-order valence-corrected chi connectivity index (χ0v) is 16.6. The van der Waals surface area contributed by atoms with Crippen LogP contribution in [-0.2, 0) is 24.1 Å². The van der Waals surface area contributed by atoms with Crippen molar-refractivity contribution in [2.75, 3.05) is 13.2 Å². The fraction of sp³-hybridized carbons (Fsp3) is 0.882. The van der Waals surface area contributed by atoms with Gasteiger partial charge in [0, 0.05) is 6.61 Å². The molecule has 5 N–H and O–H groups in total. The highest BCUT2D eigenvalue weighted by Gasteiger charge is 2.43. The molecule has 1 aliphatic heterocycles. The van der Waals surface area contributed by atoms with Crippen LogP contribution in [0.4, 0.5) is 0 Å². The fourth-order valence-electron chi connectivity index (χ4n) is 2.83. The lowest BCUT2D eigenvalue weighted by atomic mass is 9.98. The average molecular weight is 412 g/mol. The SMILES string of the molecule is C/C=C\CCCCCCCCO[C@H]1O[C@H](COS(=O)(=O)O)[C@@H](O)[C@H](O)[C@H]1N. The number of nitrogens with two attached hydrogens (primary N) is 1. The molecular formula is C17H33NO8S. The van der Waals surface area contributed by atoms with Crippen LogP contribution in [0.3, 0.4) is 0 Å². The molecule has 0 bridgehead atoms. The summed E-state index contributed by atoms with van der Waals surface area (Å²) >= 11 is 0. The number of aliphatic hydroxyl groups excluding tert-OH is 2. The van der Waals surface area contributed by atoms with Crippen molar-refractivity contribution in [1.82, 2.24) is 0 Å². The number of hydrogen-bond donors (Lipinski definition) is 4. The maximum absolute atomic E-state index is 10.7. The van der Waals surface area contributed by atoms with Crippen molar-refractivity contribution in [1.29, 1.82) is 0 Å². The molecule has 0 aliphatic carbocycles. The topological polar surface area (TPSA) is 149 Å². The van der Waals surface area contributed by atoms with Crippen LogP contribution in [0, 0.1) is 0 Å². The molecule has 0 aromatic heterocycles. The number of unbranched alkanes of at least 4 members (excludes halogenated alkanes) is 6. The minimum Gasteiger partial charge on any atom is -0.388 e. The summed E-state index contributed by atoms with van der Waals surface area (Å²) in [6, 6.07) is -0.978. The van der Waals surface area contributed by atoms with Gasteiger partial charge in [0.15, 0.2) is 6.29 Å². The molecule has 0 amide bonds. The lowest BCUT2D eigenvalue weighted by Gasteiger charge is -2.40. The maximum Gasteiger partial charge on any atom is 0.397 e. The van der Waals surface area contributed by atoms with E-state index in [-0.39, 0.29) is 0 Å². The molecule has 0 saturated carbocycles. The molecule has 9 nitrogen and oxygen atoms in total. The normalized spacial score (nSPS) is 29.4. The van der Waals surface area contributed by atoms with Gasteiger partial charge in [-0.15, -0.1) is 0 Å². The van der Waals surface area contributed by atoms with Gasteiger partial charge in [0.05, 0.1) is 12.6 Å². The molecule has 160 valence electrons. The molecule has 1 saturated heterocycles. The lowest BCUT2D eigenvalue weighted by molar-refractivity contribution is -0.264. The predicted molar refractivity (Wildman–Crippen MR) is 99.2 cm³/mol. The first-order valence-corrected chi connectivity index (χ1v) is 10.7. The van der Waals surface area contributed by atoms with Gasteiger partial charge in [-0.05, 0) is 26.2 Å². The maximum atomic E-state index is 10.7. The molecule has 0 unspecified atom stereocenters. The quantitative estimate of drug-likeness (QED) is 0.197. The minimum absolute atomic E-state index is 0.367. The van der Waals surface area contributed by atoms with E-state index in [2.05, 4.69) is 16.3 Å². The van der Waals surface area contributed by atoms with Crippen molar-refractivity contribution in [2.24, 2.45) is 5.73 Å². The van der Waals surface area contributed by atoms with Gasteiger partial charge in [-0.1, -0.05) is 37.8 Å². The van der Waals surface area contributed by atoms with Crippen molar-refractivity contribution in [3.05, 3.63) is 12.2 Å². The highest BCUT2D eigenvalue weighted by Crippen LogP contribution is 2.22. The Bertz CT molecular complexity index is 527. The van der Waals surface area contributed by atoms with Gasteiger partial charge in [0.2, 0.25) is 0 Å². The highest BCUT2D eigenvalue weighted by molar-refractivity contribution is 7.80. The van der Waals surface area contributed by atoms with Crippen LogP contribution in [0.25, 0.3) is 0 Å². The molecule has 0 radical (unpaired) electrons. The van der Waals surface area contributed by atoms with Crippen LogP contribution in [0.5, 0.6) is 0 Å². The van der Waals surface area contributed by atoms with Crippen LogP contribution in [-0.4, -0.2) is 67.0 Å². The molecule has 1 rings (SSSR count). The fourth-order valence-corrected chi connectivity index (χ4v) is 3.14. The van der Waals surface area contributed by atoms with E-state index in [1.807, 2.05) is 6.92 Å². The number of hydrogen-bond acceptors (Lipinski definition) is 8. The molecule has 1 heterocycles. The Morgan fingerprint density at radius 3 is 2.33 bits per heavy atom. The van der Waals surface area contributed by atoms with Gasteiger partial charge >= 0.3 is 10.4 Å². The van der Waals surface area contributed by atoms with Gasteiger partial charge in [-0.25, -0.2) is 4.18 Å². The van der Waals surface area contributed by atoms with Gasteiger partial charge < -0.3 is 25.4 Å². The smallest absolute Gasteiger partial charge is 0.388 e. The summed E-state index contributed by atoms with van der Waals surface area (Å²) in [6.45, 7) is 1.73. The first kappa shape index (κ1) is 24.4. The van der Waals surface area contributed by atoms with Crippen LogP contribution in [0.2, 0.25) is 0 Å². The standard InChI is InChI=1S/C17H33NO8S/c1-2-3-4-5-6-7-8-9-10-11-24-17-14(18)16(20)15(19)13(26-17)12-25-27(21,22)23/h2-3,13-17,19-20H,4-12,18H2,1H3,(H,21,22,23)/b3-2-/t13-,14-,15-,16-,17+/m1/s1. The molecule has 0 aromatic carbocycles. The third-order valence-electron chi connectivity index (χ3n) is 4.41. The zero-order chi connectivity index (χ0) is 20.3. The van der Waals surface area contributed by atoms with Gasteiger partial charge in [-0.3, -0.25) is 4.55 Å². The average Bonchev–Trinajstić information content (AvgIpc) is 2.61. The van der Waals surface area contributed by atoms with Crippen molar-refractivity contribution >= 4 is 10.4 Å². The molecule has 0 spiro atoms. The second-order valence-corrected chi connectivity index (χ2v) is 7.75. The second-order valence-electron chi connectivity index (χ2n) is 6.66. The summed E-state index contributed by atoms with van der Waals surface area (Å²) in [7, 11) is -4.68. The van der Waals surface area contributed by atoms with Crippen LogP contribution in [0.15, 0.2) is 12.2 Å². The van der Waals surface area contributed by atoms with Crippen LogP contribution >= 0.6 is 0 Å². The number of aliphatic hydroxyl groups is 2. The first-order chi connectivity index (χ1) is 12.8. The minimum atomic E-state index is -4.68. The monoisotopic (exact) mass is 411 g/mol. The Morgan fingerprint density at radius 1 is 1.07 bits per heavy atom. The molecule has 1 aliphatic rings. The summed E-state index contributed by atoms with van der Waals surface area (Å²) in [5, 5.41) is 19.9. The van der Waals surface area contributed by atoms with E-state index in [1.54, 1.807) is 0 Å². The molecule has 27 heavy (non-hydrogen) atoms. The van der Waals surface area contributed by atoms with E-state index in [0.29, 0.717) is 6.61 Å². The van der Waals surface area contributed by atoms with Gasteiger partial charge in [0.1, 0.15) is 18.3 Å². The summed E-state index contributed by atoms with van der Waals surface area (Å²) in [4.78, 5) is 0. The van der Waals surface area contributed by atoms with Crippen molar-refractivity contribution in [3.63, 3.8) is 0 Å². The largest absolute Gasteiger partial charge is 0.397 e. The molecule has 0 aromatic rings. The van der Waals surface area contributed by atoms with E-state index in [0.717, 1.165) is 32.1 Å². The van der Waals surface area contributed by atoms with Gasteiger partial charge in [-0.2, -0.15) is 8.42 Å². The third-order valence-corrected chi connectivity index (χ3v) is 4.85. The zero-order valence-electron chi connectivity index (χ0n) is 15.8. The summed E-state index contributed by atoms with van der Waals surface area (Å²) in [6.07, 6.45) is 6.78. The van der Waals surface area contributed by atoms with E-state index in [1.165, 1.54) is 12.8 Å². The summed E-state index contributed by atoms with van der Waals surface area (Å²) < 4.78 is 45.1. The highest BCUT2D eigenvalue weighted by atomic mass is 32.3. The predicted octanol–water partition coefficient (Wildman–Crippen LogP) is 0.903. The lowest BCUT2D eigenvalue weighted by Crippen LogP contribution is -2.62. The summed E-state index contributed by atoms with van der Waals surface area (Å²) in [5.74, 6) is 0. The second kappa shape index (κ2) is 12.8. The van der Waals surface area contributed by atoms with Crippen LogP contribution < -0.4 is 5.73 Å². The Hall–Kier alpha value is -0.590. The Kier molecular flexibility index (Phi) is 11.6. The van der Waals surface area contributed by atoms with E-state index in [4.69, 9.17) is 19.8 Å². The Labute approximate surface area is 161 Å². The third kappa shape index (κ3) is 9.95. The van der Waals surface area contributed by atoms with E-state index in [9.17, 15) is 18.6 Å². The van der Waals surface area contributed by atoms with Crippen molar-refractivity contribution in [2.45, 2.75) is 82.5 Å². The molecule has 5 atom stereocenters. The number of ether oxygens (including phenoxy) is 2. The Morgan fingerprint density at radius 2 is 1.70 bits per heavy atom. The first-order valence-electron chi connectivity index (χ1n) is 9.38. The molecular weight excluding hydrogens is 378 g/mol. The Balaban J connectivity index is 2.26. The van der Waals surface area contributed by atoms with Crippen molar-refractivity contribution in [3.8, 4) is 0 Å². The van der Waals surface area contributed by atoms with Crippen LogP contribution in [0.1, 0.15) is 51.9 Å². The van der Waals surface area contributed by atoms with E-state index >= 15 is 0 Å². The molecule has 10 heteroatoms.